The second-order valence-electron chi connectivity index (χ2n) is 9.72. The van der Waals surface area contributed by atoms with Gasteiger partial charge in [0.05, 0.1) is 17.6 Å². The quantitative estimate of drug-likeness (QED) is 0.729. The van der Waals surface area contributed by atoms with E-state index >= 15 is 0 Å². The largest absolute Gasteiger partial charge is 0.366 e. The van der Waals surface area contributed by atoms with Crippen molar-refractivity contribution in [1.82, 2.24) is 15.1 Å². The summed E-state index contributed by atoms with van der Waals surface area (Å²) in [6, 6.07) is 14.9. The van der Waals surface area contributed by atoms with Crippen molar-refractivity contribution in [2.75, 3.05) is 37.6 Å². The van der Waals surface area contributed by atoms with Gasteiger partial charge in [-0.25, -0.2) is 9.18 Å². The molecule has 4 rings (SSSR count). The molecule has 2 unspecified atom stereocenters. The number of hydrogen-bond donors (Lipinski definition) is 1. The van der Waals surface area contributed by atoms with Gasteiger partial charge in [-0.2, -0.15) is 0 Å². The number of amides is 3. The van der Waals surface area contributed by atoms with Gasteiger partial charge in [-0.3, -0.25) is 4.79 Å². The Kier molecular flexibility index (Phi) is 7.39. The van der Waals surface area contributed by atoms with E-state index in [-0.39, 0.29) is 35.8 Å². The molecule has 0 radical (unpaired) electrons. The topological polar surface area (TPSA) is 55.9 Å². The lowest BCUT2D eigenvalue weighted by molar-refractivity contribution is -0.137. The lowest BCUT2D eigenvalue weighted by Crippen LogP contribution is -2.55. The maximum absolute atomic E-state index is 14.2. The molecule has 0 saturated carbocycles. The van der Waals surface area contributed by atoms with Crippen molar-refractivity contribution in [3.05, 3.63) is 65.5 Å². The van der Waals surface area contributed by atoms with Crippen LogP contribution in [0.4, 0.5) is 14.9 Å². The minimum absolute atomic E-state index is 0.0215. The van der Waals surface area contributed by atoms with Crippen molar-refractivity contribution in [1.29, 1.82) is 0 Å². The molecule has 182 valence electrons. The Labute approximate surface area is 201 Å². The molecule has 2 heterocycles. The molecule has 2 aliphatic rings. The number of hydrogen-bond acceptors (Lipinski definition) is 3. The van der Waals surface area contributed by atoms with Crippen LogP contribution in [-0.2, 0) is 4.79 Å². The van der Waals surface area contributed by atoms with E-state index in [2.05, 4.69) is 30.4 Å². The lowest BCUT2D eigenvalue weighted by Gasteiger charge is -2.42. The SMILES string of the molecule is Cc1cccc(C2CCC(C(=O)N3CCN(c4ccccc4F)CC3)CN2C(=O)NC(C)C)c1. The second kappa shape index (κ2) is 10.5. The predicted molar refractivity (Wildman–Crippen MR) is 132 cm³/mol. The summed E-state index contributed by atoms with van der Waals surface area (Å²) in [5, 5.41) is 3.02. The number of nitrogens with zero attached hydrogens (tertiary/aromatic N) is 3. The van der Waals surface area contributed by atoms with Crippen molar-refractivity contribution in [2.45, 2.75) is 45.7 Å². The normalized spacial score (nSPS) is 21.0. The molecule has 0 aromatic heterocycles. The first-order chi connectivity index (χ1) is 16.3. The summed E-state index contributed by atoms with van der Waals surface area (Å²) >= 11 is 0. The minimum atomic E-state index is -0.233. The zero-order valence-electron chi connectivity index (χ0n) is 20.3. The third-order valence-corrected chi connectivity index (χ3v) is 6.82. The number of aryl methyl sites for hydroxylation is 1. The summed E-state index contributed by atoms with van der Waals surface area (Å²) < 4.78 is 14.2. The van der Waals surface area contributed by atoms with Crippen LogP contribution < -0.4 is 10.2 Å². The van der Waals surface area contributed by atoms with Crippen molar-refractivity contribution in [3.8, 4) is 0 Å². The molecular formula is C27H35FN4O2. The Bertz CT molecular complexity index is 1020. The number of benzene rings is 2. The fourth-order valence-corrected chi connectivity index (χ4v) is 5.08. The number of carbonyl (C=O) groups excluding carboxylic acids is 2. The third kappa shape index (κ3) is 5.34. The Hall–Kier alpha value is -3.09. The van der Waals surface area contributed by atoms with E-state index in [9.17, 15) is 14.0 Å². The highest BCUT2D eigenvalue weighted by Crippen LogP contribution is 2.35. The number of anilines is 1. The van der Waals surface area contributed by atoms with Gasteiger partial charge >= 0.3 is 6.03 Å². The molecule has 34 heavy (non-hydrogen) atoms. The zero-order chi connectivity index (χ0) is 24.2. The van der Waals surface area contributed by atoms with Crippen LogP contribution in [-0.4, -0.2) is 60.5 Å². The smallest absolute Gasteiger partial charge is 0.318 e. The van der Waals surface area contributed by atoms with Crippen LogP contribution >= 0.6 is 0 Å². The first-order valence-electron chi connectivity index (χ1n) is 12.3. The van der Waals surface area contributed by atoms with Gasteiger partial charge in [0.15, 0.2) is 0 Å². The van der Waals surface area contributed by atoms with Gasteiger partial charge in [0.25, 0.3) is 0 Å². The van der Waals surface area contributed by atoms with Crippen LogP contribution in [0, 0.1) is 18.7 Å². The van der Waals surface area contributed by atoms with Crippen LogP contribution in [0.25, 0.3) is 0 Å². The van der Waals surface area contributed by atoms with Gasteiger partial charge in [0, 0.05) is 38.8 Å². The van der Waals surface area contributed by atoms with Crippen molar-refractivity contribution in [3.63, 3.8) is 0 Å². The molecule has 7 heteroatoms. The lowest BCUT2D eigenvalue weighted by atomic mass is 9.87. The Morgan fingerprint density at radius 3 is 2.41 bits per heavy atom. The molecule has 6 nitrogen and oxygen atoms in total. The van der Waals surface area contributed by atoms with Crippen LogP contribution in [0.1, 0.15) is 43.9 Å². The molecule has 0 aliphatic carbocycles. The summed E-state index contributed by atoms with van der Waals surface area (Å²) in [6.07, 6.45) is 1.50. The first kappa shape index (κ1) is 24.0. The van der Waals surface area contributed by atoms with Crippen LogP contribution in [0.3, 0.4) is 0 Å². The Morgan fingerprint density at radius 2 is 1.74 bits per heavy atom. The standard InChI is InChI=1S/C27H35FN4O2/c1-19(2)29-27(34)32-18-22(11-12-24(32)21-8-6-7-20(3)17-21)26(33)31-15-13-30(14-16-31)25-10-5-4-9-23(25)28/h4-10,17,19,22,24H,11-16,18H2,1-3H3,(H,29,34). The Morgan fingerprint density at radius 1 is 1.00 bits per heavy atom. The fraction of sp³-hybridized carbons (Fsp3) is 0.481. The summed E-state index contributed by atoms with van der Waals surface area (Å²) in [5.41, 5.74) is 2.86. The third-order valence-electron chi connectivity index (χ3n) is 6.82. The number of urea groups is 1. The van der Waals surface area contributed by atoms with E-state index in [0.29, 0.717) is 38.4 Å². The average molecular weight is 467 g/mol. The number of rotatable bonds is 4. The molecule has 2 aliphatic heterocycles. The van der Waals surface area contributed by atoms with Crippen LogP contribution in [0.15, 0.2) is 48.5 Å². The molecule has 2 atom stereocenters. The maximum Gasteiger partial charge on any atom is 0.318 e. The van der Waals surface area contributed by atoms with Crippen molar-refractivity contribution in [2.24, 2.45) is 5.92 Å². The van der Waals surface area contributed by atoms with E-state index in [1.54, 1.807) is 12.1 Å². The van der Waals surface area contributed by atoms with Crippen LogP contribution in [0.5, 0.6) is 0 Å². The van der Waals surface area contributed by atoms with Gasteiger partial charge in [0.2, 0.25) is 5.91 Å². The number of piperidine rings is 1. The molecule has 2 saturated heterocycles. The van der Waals surface area contributed by atoms with E-state index < -0.39 is 0 Å². The minimum Gasteiger partial charge on any atom is -0.366 e. The number of likely N-dealkylation sites (tertiary alicyclic amines) is 1. The first-order valence-corrected chi connectivity index (χ1v) is 12.3. The van der Waals surface area contributed by atoms with Crippen molar-refractivity contribution < 1.29 is 14.0 Å². The van der Waals surface area contributed by atoms with E-state index in [1.165, 1.54) is 6.07 Å². The number of carbonyl (C=O) groups is 2. The average Bonchev–Trinajstić information content (AvgIpc) is 2.83. The second-order valence-corrected chi connectivity index (χ2v) is 9.72. The monoisotopic (exact) mass is 466 g/mol. The highest BCUT2D eigenvalue weighted by Gasteiger charge is 2.38. The highest BCUT2D eigenvalue weighted by molar-refractivity contribution is 5.81. The van der Waals surface area contributed by atoms with Crippen molar-refractivity contribution >= 4 is 17.6 Å². The number of piperazine rings is 1. The van der Waals surface area contributed by atoms with Crippen LogP contribution in [0.2, 0.25) is 0 Å². The summed E-state index contributed by atoms with van der Waals surface area (Å²) in [4.78, 5) is 32.2. The molecule has 2 aromatic rings. The summed E-state index contributed by atoms with van der Waals surface area (Å²) in [5.74, 6) is -0.360. The molecule has 2 aromatic carbocycles. The Balaban J connectivity index is 1.44. The molecule has 3 amide bonds. The maximum atomic E-state index is 14.2. The summed E-state index contributed by atoms with van der Waals surface area (Å²) in [7, 11) is 0. The van der Waals surface area contributed by atoms with Gasteiger partial charge in [0.1, 0.15) is 5.82 Å². The number of halogens is 1. The van der Waals surface area contributed by atoms with E-state index in [0.717, 1.165) is 24.0 Å². The molecular weight excluding hydrogens is 431 g/mol. The van der Waals surface area contributed by atoms with Gasteiger partial charge in [-0.1, -0.05) is 42.0 Å². The fourth-order valence-electron chi connectivity index (χ4n) is 5.08. The van der Waals surface area contributed by atoms with Gasteiger partial charge < -0.3 is 20.0 Å². The number of nitrogens with one attached hydrogen (secondary N) is 1. The van der Waals surface area contributed by atoms with E-state index in [1.807, 2.05) is 40.7 Å². The zero-order valence-corrected chi connectivity index (χ0v) is 20.3. The molecule has 0 spiro atoms. The van der Waals surface area contributed by atoms with E-state index in [4.69, 9.17) is 0 Å². The number of para-hydroxylation sites is 1. The molecule has 0 bridgehead atoms. The van der Waals surface area contributed by atoms with Gasteiger partial charge in [-0.05, 0) is 51.3 Å². The molecule has 1 N–H and O–H groups in total. The van der Waals surface area contributed by atoms with Gasteiger partial charge in [-0.15, -0.1) is 0 Å². The molecule has 2 fully saturated rings. The summed E-state index contributed by atoms with van der Waals surface area (Å²) in [6.45, 7) is 8.67. The highest BCUT2D eigenvalue weighted by atomic mass is 19.1. The predicted octanol–water partition coefficient (Wildman–Crippen LogP) is 4.35.